The quantitative estimate of drug-likeness (QED) is 0.864. The third-order valence-electron chi connectivity index (χ3n) is 3.22. The molecule has 2 rings (SSSR count). The second-order valence-corrected chi connectivity index (χ2v) is 5.84. The van der Waals surface area contributed by atoms with Crippen molar-refractivity contribution in [3.8, 4) is 0 Å². The Labute approximate surface area is 103 Å². The Morgan fingerprint density at radius 3 is 2.71 bits per heavy atom. The normalized spacial score (nSPS) is 14.8. The van der Waals surface area contributed by atoms with Crippen LogP contribution in [0.5, 0.6) is 0 Å². The number of benzene rings is 1. The van der Waals surface area contributed by atoms with Crippen LogP contribution in [0.4, 0.5) is 0 Å². The minimum absolute atomic E-state index is 0.232. The molecule has 1 aromatic rings. The number of carbonyl (C=O) groups excluding carboxylic acids is 1. The van der Waals surface area contributed by atoms with E-state index in [0.29, 0.717) is 12.8 Å². The van der Waals surface area contributed by atoms with Crippen LogP contribution in [0, 0.1) is 0 Å². The highest BCUT2D eigenvalue weighted by atomic mass is 16.1. The number of nitrogens with two attached hydrogens (primary N) is 1. The second kappa shape index (κ2) is 4.61. The van der Waals surface area contributed by atoms with E-state index in [1.165, 1.54) is 30.4 Å². The lowest BCUT2D eigenvalue weighted by atomic mass is 9.94. The Balaban J connectivity index is 2.02. The fourth-order valence-corrected chi connectivity index (χ4v) is 2.53. The summed E-state index contributed by atoms with van der Waals surface area (Å²) in [6.07, 6.45) is 4.58. The van der Waals surface area contributed by atoms with Crippen molar-refractivity contribution in [1.82, 2.24) is 0 Å². The third kappa shape index (κ3) is 3.40. The average molecular weight is 231 g/mol. The molecule has 1 aromatic carbocycles. The molecule has 0 bridgehead atoms. The Kier molecular flexibility index (Phi) is 3.34. The Morgan fingerprint density at radius 2 is 2.00 bits per heavy atom. The van der Waals surface area contributed by atoms with Gasteiger partial charge in [-0.05, 0) is 49.8 Å². The summed E-state index contributed by atoms with van der Waals surface area (Å²) in [6.45, 7) is 3.79. The molecule has 2 heteroatoms. The first kappa shape index (κ1) is 12.3. The number of hydrogen-bond donors (Lipinski definition) is 1. The largest absolute Gasteiger partial charge is 0.325 e. The van der Waals surface area contributed by atoms with Crippen LogP contribution in [-0.4, -0.2) is 11.3 Å². The van der Waals surface area contributed by atoms with Crippen LogP contribution in [0.25, 0.3) is 0 Å². The van der Waals surface area contributed by atoms with Crippen LogP contribution < -0.4 is 5.73 Å². The molecule has 92 valence electrons. The standard InChI is InChI=1S/C15H21NO/c1-15(2,16)10-14(17)9-11-6-7-12-4-3-5-13(12)8-11/h6-8H,3-5,9-10,16H2,1-2H3. The van der Waals surface area contributed by atoms with Gasteiger partial charge >= 0.3 is 0 Å². The predicted molar refractivity (Wildman–Crippen MR) is 70.1 cm³/mol. The van der Waals surface area contributed by atoms with Crippen LogP contribution in [0.1, 0.15) is 43.4 Å². The van der Waals surface area contributed by atoms with Gasteiger partial charge in [-0.15, -0.1) is 0 Å². The number of hydrogen-bond acceptors (Lipinski definition) is 2. The van der Waals surface area contributed by atoms with Gasteiger partial charge in [0, 0.05) is 18.4 Å². The van der Waals surface area contributed by atoms with Gasteiger partial charge in [-0.2, -0.15) is 0 Å². The van der Waals surface area contributed by atoms with Crippen LogP contribution >= 0.6 is 0 Å². The minimum atomic E-state index is -0.395. The molecule has 0 saturated heterocycles. The van der Waals surface area contributed by atoms with Gasteiger partial charge < -0.3 is 5.73 Å². The molecule has 0 heterocycles. The summed E-state index contributed by atoms with van der Waals surface area (Å²) >= 11 is 0. The van der Waals surface area contributed by atoms with Gasteiger partial charge in [0.1, 0.15) is 5.78 Å². The molecule has 2 nitrogen and oxygen atoms in total. The number of rotatable bonds is 4. The first-order valence-electron chi connectivity index (χ1n) is 6.35. The van der Waals surface area contributed by atoms with E-state index in [9.17, 15) is 4.79 Å². The molecule has 0 fully saturated rings. The summed E-state index contributed by atoms with van der Waals surface area (Å²) in [5.74, 6) is 0.232. The van der Waals surface area contributed by atoms with Crippen LogP contribution in [0.15, 0.2) is 18.2 Å². The Bertz CT molecular complexity index is 429. The fourth-order valence-electron chi connectivity index (χ4n) is 2.53. The second-order valence-electron chi connectivity index (χ2n) is 5.84. The van der Waals surface area contributed by atoms with Crippen LogP contribution in [0.3, 0.4) is 0 Å². The zero-order valence-electron chi connectivity index (χ0n) is 10.8. The van der Waals surface area contributed by atoms with Crippen LogP contribution in [0.2, 0.25) is 0 Å². The molecule has 1 aliphatic rings. The molecular weight excluding hydrogens is 210 g/mol. The van der Waals surface area contributed by atoms with Gasteiger partial charge in [-0.3, -0.25) is 4.79 Å². The molecule has 17 heavy (non-hydrogen) atoms. The highest BCUT2D eigenvalue weighted by Gasteiger charge is 2.17. The third-order valence-corrected chi connectivity index (χ3v) is 3.22. The molecule has 0 saturated carbocycles. The number of aryl methyl sites for hydroxylation is 2. The molecule has 0 unspecified atom stereocenters. The molecule has 0 aliphatic heterocycles. The van der Waals surface area contributed by atoms with E-state index in [-0.39, 0.29) is 5.78 Å². The van der Waals surface area contributed by atoms with Crippen LogP contribution in [-0.2, 0) is 24.1 Å². The molecule has 0 spiro atoms. The van der Waals surface area contributed by atoms with Gasteiger partial charge in [0.05, 0.1) is 0 Å². The fraction of sp³-hybridized carbons (Fsp3) is 0.533. The number of ketones is 1. The van der Waals surface area contributed by atoms with Gasteiger partial charge in [0.15, 0.2) is 0 Å². The maximum absolute atomic E-state index is 11.8. The van der Waals surface area contributed by atoms with E-state index in [1.807, 2.05) is 13.8 Å². The van der Waals surface area contributed by atoms with E-state index in [1.54, 1.807) is 0 Å². The average Bonchev–Trinajstić information content (AvgIpc) is 2.61. The summed E-state index contributed by atoms with van der Waals surface area (Å²) in [6, 6.07) is 6.47. The summed E-state index contributed by atoms with van der Waals surface area (Å²) < 4.78 is 0. The number of Topliss-reactive ketones (excluding diaryl/α,β-unsaturated/α-hetero) is 1. The van der Waals surface area contributed by atoms with Crippen molar-refractivity contribution in [1.29, 1.82) is 0 Å². The molecule has 1 aliphatic carbocycles. The highest BCUT2D eigenvalue weighted by molar-refractivity contribution is 5.81. The van der Waals surface area contributed by atoms with Gasteiger partial charge in [-0.25, -0.2) is 0 Å². The lowest BCUT2D eigenvalue weighted by Gasteiger charge is -2.17. The van der Waals surface area contributed by atoms with E-state index >= 15 is 0 Å². The van der Waals surface area contributed by atoms with Gasteiger partial charge in [0.2, 0.25) is 0 Å². The van der Waals surface area contributed by atoms with Crippen molar-refractivity contribution >= 4 is 5.78 Å². The summed E-state index contributed by atoms with van der Waals surface area (Å²) in [4.78, 5) is 11.8. The van der Waals surface area contributed by atoms with E-state index in [0.717, 1.165) is 5.56 Å². The lowest BCUT2D eigenvalue weighted by Crippen LogP contribution is -2.35. The molecule has 0 aromatic heterocycles. The number of fused-ring (bicyclic) bond motifs is 1. The smallest absolute Gasteiger partial charge is 0.139 e. The maximum Gasteiger partial charge on any atom is 0.139 e. The predicted octanol–water partition coefficient (Wildman–Crippen LogP) is 2.41. The van der Waals surface area contributed by atoms with Gasteiger partial charge in [0.25, 0.3) is 0 Å². The Morgan fingerprint density at radius 1 is 1.29 bits per heavy atom. The minimum Gasteiger partial charge on any atom is -0.325 e. The molecular formula is C15H21NO. The van der Waals surface area contributed by atoms with E-state index in [2.05, 4.69) is 18.2 Å². The van der Waals surface area contributed by atoms with Crippen molar-refractivity contribution in [3.05, 3.63) is 34.9 Å². The SMILES string of the molecule is CC(C)(N)CC(=O)Cc1ccc2c(c1)CCC2. The van der Waals surface area contributed by atoms with Crippen molar-refractivity contribution in [3.63, 3.8) is 0 Å². The first-order chi connectivity index (χ1) is 7.94. The lowest BCUT2D eigenvalue weighted by molar-refractivity contribution is -0.119. The maximum atomic E-state index is 11.8. The topological polar surface area (TPSA) is 43.1 Å². The van der Waals surface area contributed by atoms with Crippen molar-refractivity contribution < 1.29 is 4.79 Å². The monoisotopic (exact) mass is 231 g/mol. The zero-order chi connectivity index (χ0) is 12.5. The summed E-state index contributed by atoms with van der Waals surface area (Å²) in [5, 5.41) is 0. The zero-order valence-corrected chi connectivity index (χ0v) is 10.8. The highest BCUT2D eigenvalue weighted by Crippen LogP contribution is 2.23. The van der Waals surface area contributed by atoms with E-state index < -0.39 is 5.54 Å². The molecule has 0 atom stereocenters. The molecule has 2 N–H and O–H groups in total. The van der Waals surface area contributed by atoms with Crippen molar-refractivity contribution in [2.75, 3.05) is 0 Å². The first-order valence-corrected chi connectivity index (χ1v) is 6.35. The molecule has 0 amide bonds. The summed E-state index contributed by atoms with van der Waals surface area (Å²) in [5.41, 5.74) is 9.49. The number of carbonyl (C=O) groups is 1. The van der Waals surface area contributed by atoms with E-state index in [4.69, 9.17) is 5.73 Å². The summed E-state index contributed by atoms with van der Waals surface area (Å²) in [7, 11) is 0. The van der Waals surface area contributed by atoms with Crippen molar-refractivity contribution in [2.24, 2.45) is 5.73 Å². The van der Waals surface area contributed by atoms with Crippen molar-refractivity contribution in [2.45, 2.75) is 51.5 Å². The Hall–Kier alpha value is -1.15. The molecule has 0 radical (unpaired) electrons. The van der Waals surface area contributed by atoms with Gasteiger partial charge in [-0.1, -0.05) is 18.2 Å².